The fourth-order valence-corrected chi connectivity index (χ4v) is 4.24. The van der Waals surface area contributed by atoms with Crippen molar-refractivity contribution in [2.75, 3.05) is 0 Å². The molecule has 3 nitrogen and oxygen atoms in total. The van der Waals surface area contributed by atoms with E-state index >= 15 is 0 Å². The molecule has 0 amide bonds. The van der Waals surface area contributed by atoms with Gasteiger partial charge < -0.3 is 0 Å². The second-order valence-electron chi connectivity index (χ2n) is 6.23. The van der Waals surface area contributed by atoms with Gasteiger partial charge in [-0.1, -0.05) is 26.8 Å². The maximum absolute atomic E-state index is 12.0. The molecule has 6 atom stereocenters. The molecule has 0 aromatic carbocycles. The Morgan fingerprint density at radius 3 is 2.89 bits per heavy atom. The zero-order valence-corrected chi connectivity index (χ0v) is 11.0. The Morgan fingerprint density at radius 2 is 2.11 bits per heavy atom. The summed E-state index contributed by atoms with van der Waals surface area (Å²) in [6, 6.07) is 0. The summed E-state index contributed by atoms with van der Waals surface area (Å²) in [5, 5.41) is 0. The van der Waals surface area contributed by atoms with Gasteiger partial charge in [0, 0.05) is 0 Å². The van der Waals surface area contributed by atoms with Gasteiger partial charge in [-0.05, 0) is 48.5 Å². The van der Waals surface area contributed by atoms with Gasteiger partial charge >= 0.3 is 5.97 Å². The van der Waals surface area contributed by atoms with Crippen molar-refractivity contribution >= 4 is 5.97 Å². The van der Waals surface area contributed by atoms with E-state index in [1.807, 2.05) is 6.92 Å². The van der Waals surface area contributed by atoms with Gasteiger partial charge in [0.05, 0.1) is 8.66 Å². The smallest absolute Gasteiger partial charge is 0.297 e. The summed E-state index contributed by atoms with van der Waals surface area (Å²) in [5.41, 5.74) is 0.701. The van der Waals surface area contributed by atoms with Crippen molar-refractivity contribution < 1.29 is 17.3 Å². The van der Waals surface area contributed by atoms with Crippen LogP contribution in [0.2, 0.25) is 0 Å². The molecule has 2 saturated carbocycles. The molecule has 0 unspecified atom stereocenters. The third-order valence-electron chi connectivity index (χ3n) is 5.36. The predicted molar refractivity (Wildman–Crippen MR) is 67.4 cm³/mol. The molecule has 0 spiro atoms. The van der Waals surface area contributed by atoms with Crippen molar-refractivity contribution in [2.45, 2.75) is 45.6 Å². The Bertz CT molecular complexity index is 444. The van der Waals surface area contributed by atoms with Gasteiger partial charge in [0.2, 0.25) is 0 Å². The summed E-state index contributed by atoms with van der Waals surface area (Å²) < 4.78 is 15.3. The SMILES string of the molecule is [2H]C([2H])=C1CC[C@@H]2[C@H]3[C@@H](CC[C@H]2C)[C@@H](C)C(=O)OO[C@H]13. The second kappa shape index (κ2) is 4.37. The van der Waals surface area contributed by atoms with Crippen LogP contribution < -0.4 is 0 Å². The van der Waals surface area contributed by atoms with Crippen molar-refractivity contribution in [3.05, 3.63) is 12.1 Å². The zero-order valence-electron chi connectivity index (χ0n) is 13.0. The van der Waals surface area contributed by atoms with Crippen LogP contribution in [0.15, 0.2) is 12.1 Å². The number of hydrogen-bond acceptors (Lipinski definition) is 3. The molecule has 1 heterocycles. The van der Waals surface area contributed by atoms with Crippen LogP contribution in [0.5, 0.6) is 0 Å². The normalized spacial score (nSPS) is 49.4. The Hall–Kier alpha value is -0.830. The molecule has 0 N–H and O–H groups in total. The molecule has 2 aliphatic carbocycles. The van der Waals surface area contributed by atoms with Gasteiger partial charge in [-0.15, -0.1) is 0 Å². The molecule has 1 saturated heterocycles. The van der Waals surface area contributed by atoms with E-state index < -0.39 is 0 Å². The van der Waals surface area contributed by atoms with E-state index in [0.717, 1.165) is 25.7 Å². The molecule has 0 bridgehead atoms. The summed E-state index contributed by atoms with van der Waals surface area (Å²) >= 11 is 0. The van der Waals surface area contributed by atoms with Crippen LogP contribution in [0.4, 0.5) is 0 Å². The molecular formula is C15H22O3. The van der Waals surface area contributed by atoms with E-state index in [4.69, 9.17) is 12.5 Å². The Labute approximate surface area is 111 Å². The lowest BCUT2D eigenvalue weighted by Gasteiger charge is -2.48. The summed E-state index contributed by atoms with van der Waals surface area (Å²) in [4.78, 5) is 22.3. The topological polar surface area (TPSA) is 35.5 Å². The summed E-state index contributed by atoms with van der Waals surface area (Å²) in [5.74, 6) is 1.15. The highest BCUT2D eigenvalue weighted by molar-refractivity contribution is 5.72. The van der Waals surface area contributed by atoms with E-state index in [9.17, 15) is 4.79 Å². The lowest BCUT2D eigenvalue weighted by atomic mass is 9.57. The van der Waals surface area contributed by atoms with Gasteiger partial charge in [0.1, 0.15) is 6.10 Å². The van der Waals surface area contributed by atoms with E-state index in [1.165, 1.54) is 0 Å². The first-order valence-corrected chi connectivity index (χ1v) is 7.04. The molecule has 3 fully saturated rings. The highest BCUT2D eigenvalue weighted by Gasteiger charge is 2.51. The molecule has 100 valence electrons. The maximum Gasteiger partial charge on any atom is 0.345 e. The van der Waals surface area contributed by atoms with Crippen molar-refractivity contribution in [1.29, 1.82) is 0 Å². The second-order valence-corrected chi connectivity index (χ2v) is 6.23. The first-order chi connectivity index (χ1) is 9.50. The molecule has 3 aliphatic rings. The van der Waals surface area contributed by atoms with Crippen LogP contribution >= 0.6 is 0 Å². The molecule has 0 aromatic rings. The summed E-state index contributed by atoms with van der Waals surface area (Å²) in [7, 11) is 0. The number of carbonyl (C=O) groups is 1. The third-order valence-corrected chi connectivity index (χ3v) is 5.36. The number of hydrogen-bond donors (Lipinski definition) is 0. The quantitative estimate of drug-likeness (QED) is 0.491. The molecule has 3 heteroatoms. The zero-order chi connectivity index (χ0) is 14.4. The van der Waals surface area contributed by atoms with Gasteiger partial charge in [-0.25, -0.2) is 4.79 Å². The molecule has 0 aromatic heterocycles. The number of carbonyl (C=O) groups excluding carboxylic acids is 1. The standard InChI is InChI=1S/C15H22O3/c1-8-4-7-12-10(3)15(16)18-17-14-9(2)5-6-11(8)13(12)14/h8,10-14H,2,4-7H2,1,3H3/t8-,10-,11+,12+,13+,14-/m1/s1/i2D2. The van der Waals surface area contributed by atoms with E-state index in [-0.39, 0.29) is 36.4 Å². The highest BCUT2D eigenvalue weighted by Crippen LogP contribution is 2.52. The van der Waals surface area contributed by atoms with Gasteiger partial charge in [-0.2, -0.15) is 4.89 Å². The molecule has 0 radical (unpaired) electrons. The minimum Gasteiger partial charge on any atom is -0.297 e. The molecule has 3 rings (SSSR count). The van der Waals surface area contributed by atoms with Crippen molar-refractivity contribution in [3.8, 4) is 0 Å². The molecule has 1 aliphatic heterocycles. The first kappa shape index (κ1) is 10.0. The predicted octanol–water partition coefficient (Wildman–Crippen LogP) is 3.11. The average Bonchev–Trinajstić information content (AvgIpc) is 2.54. The van der Waals surface area contributed by atoms with Gasteiger partial charge in [0.25, 0.3) is 0 Å². The van der Waals surface area contributed by atoms with Crippen LogP contribution in [0.25, 0.3) is 0 Å². The molecular weight excluding hydrogens is 228 g/mol. The van der Waals surface area contributed by atoms with Crippen LogP contribution in [0.1, 0.15) is 42.3 Å². The van der Waals surface area contributed by atoms with Crippen LogP contribution in [-0.4, -0.2) is 12.1 Å². The summed E-state index contributed by atoms with van der Waals surface area (Å²) in [6.07, 6.45) is 3.50. The minimum atomic E-state index is -0.375. The first-order valence-electron chi connectivity index (χ1n) is 8.04. The van der Waals surface area contributed by atoms with Gasteiger partial charge in [0.15, 0.2) is 0 Å². The highest BCUT2D eigenvalue weighted by atomic mass is 17.2. The summed E-state index contributed by atoms with van der Waals surface area (Å²) in [6.45, 7) is 4.02. The van der Waals surface area contributed by atoms with E-state index in [2.05, 4.69) is 6.92 Å². The van der Waals surface area contributed by atoms with Crippen LogP contribution in [0.3, 0.4) is 0 Å². The van der Waals surface area contributed by atoms with E-state index in [0.29, 0.717) is 17.4 Å². The van der Waals surface area contributed by atoms with Crippen molar-refractivity contribution in [2.24, 2.45) is 29.6 Å². The minimum absolute atomic E-state index is 0.153. The fourth-order valence-electron chi connectivity index (χ4n) is 4.24. The lowest BCUT2D eigenvalue weighted by Crippen LogP contribution is -2.46. The van der Waals surface area contributed by atoms with Gasteiger partial charge in [-0.3, -0.25) is 4.89 Å². The van der Waals surface area contributed by atoms with Crippen LogP contribution in [0, 0.1) is 29.6 Å². The maximum atomic E-state index is 12.0. The fraction of sp³-hybridized carbons (Fsp3) is 0.800. The largest absolute Gasteiger partial charge is 0.345 e. The Morgan fingerprint density at radius 1 is 1.28 bits per heavy atom. The Balaban J connectivity index is 2.02. The van der Waals surface area contributed by atoms with Crippen LogP contribution in [-0.2, 0) is 14.6 Å². The number of rotatable bonds is 0. The van der Waals surface area contributed by atoms with Crippen molar-refractivity contribution in [3.63, 3.8) is 0 Å². The lowest BCUT2D eigenvalue weighted by molar-refractivity contribution is -0.299. The van der Waals surface area contributed by atoms with Crippen molar-refractivity contribution in [1.82, 2.24) is 0 Å². The van der Waals surface area contributed by atoms with E-state index in [1.54, 1.807) is 0 Å². The average molecular weight is 252 g/mol. The molecule has 18 heavy (non-hydrogen) atoms. The third kappa shape index (κ3) is 1.71. The monoisotopic (exact) mass is 252 g/mol. The Kier molecular flexibility index (Phi) is 2.43.